The summed E-state index contributed by atoms with van der Waals surface area (Å²) < 4.78 is 40.2. The Hall–Kier alpha value is -2.57. The highest BCUT2D eigenvalue weighted by atomic mass is 19.4. The molecular formula is C23H28F3N3O. The number of nitrogens with zero attached hydrogens (tertiary/aromatic N) is 2. The molecular weight excluding hydrogens is 391 g/mol. The van der Waals surface area contributed by atoms with E-state index in [1.807, 2.05) is 45.6 Å². The maximum absolute atomic E-state index is 13.4. The lowest BCUT2D eigenvalue weighted by atomic mass is 9.92. The van der Waals surface area contributed by atoms with Gasteiger partial charge in [-0.2, -0.15) is 13.2 Å². The van der Waals surface area contributed by atoms with E-state index in [4.69, 9.17) is 0 Å². The minimum atomic E-state index is -4.39. The van der Waals surface area contributed by atoms with Crippen molar-refractivity contribution in [1.82, 2.24) is 4.98 Å². The predicted molar refractivity (Wildman–Crippen MR) is 112 cm³/mol. The maximum atomic E-state index is 13.4. The number of nitrogens with one attached hydrogen (secondary N) is 1. The van der Waals surface area contributed by atoms with Crippen molar-refractivity contribution in [3.05, 3.63) is 52.7 Å². The number of fused-ring (bicyclic) bond motifs is 1. The number of hydrogen-bond donors (Lipinski definition) is 1. The molecule has 0 fully saturated rings. The van der Waals surface area contributed by atoms with E-state index in [-0.39, 0.29) is 29.5 Å². The maximum Gasteiger partial charge on any atom is 0.416 e. The van der Waals surface area contributed by atoms with Crippen LogP contribution in [0.25, 0.3) is 0 Å². The molecule has 0 bridgehead atoms. The van der Waals surface area contributed by atoms with Gasteiger partial charge >= 0.3 is 6.18 Å². The quantitative estimate of drug-likeness (QED) is 0.688. The van der Waals surface area contributed by atoms with Gasteiger partial charge in [0.25, 0.3) is 0 Å². The average Bonchev–Trinajstić information content (AvgIpc) is 2.88. The lowest BCUT2D eigenvalue weighted by molar-refractivity contribution is -0.138. The van der Waals surface area contributed by atoms with Crippen LogP contribution in [0.1, 0.15) is 56.5 Å². The summed E-state index contributed by atoms with van der Waals surface area (Å²) in [7, 11) is 0. The summed E-state index contributed by atoms with van der Waals surface area (Å²) in [5, 5.41) is 2.89. The molecule has 162 valence electrons. The minimum absolute atomic E-state index is 0.00807. The topological polar surface area (TPSA) is 45.2 Å². The van der Waals surface area contributed by atoms with Crippen LogP contribution in [0.5, 0.6) is 0 Å². The number of alkyl halides is 3. The van der Waals surface area contributed by atoms with Gasteiger partial charge in [-0.25, -0.2) is 4.98 Å². The third-order valence-corrected chi connectivity index (χ3v) is 5.21. The van der Waals surface area contributed by atoms with Crippen LogP contribution in [0.15, 0.2) is 30.3 Å². The molecule has 1 atom stereocenters. The van der Waals surface area contributed by atoms with Crippen molar-refractivity contribution in [2.75, 3.05) is 10.2 Å². The third kappa shape index (κ3) is 4.94. The van der Waals surface area contributed by atoms with Crippen molar-refractivity contribution in [2.45, 2.75) is 66.2 Å². The van der Waals surface area contributed by atoms with Crippen LogP contribution in [0.3, 0.4) is 0 Å². The standard InChI is InChI=1S/C23H28F3N3O/c1-14-10-19-18(27-21(14)28-20(30)12-22(3,4)5)11-15(2)29(19)13-16-8-6-7-9-17(16)23(24,25)26/h6-10,15H,11-13H2,1-5H3,(H,27,28,30)/t15-/m0/s1. The molecule has 1 amide bonds. The molecule has 1 aromatic heterocycles. The van der Waals surface area contributed by atoms with Crippen LogP contribution >= 0.6 is 0 Å². The lowest BCUT2D eigenvalue weighted by Gasteiger charge is -2.26. The molecule has 3 rings (SSSR count). The number of rotatable bonds is 4. The van der Waals surface area contributed by atoms with Gasteiger partial charge in [-0.3, -0.25) is 4.79 Å². The summed E-state index contributed by atoms with van der Waals surface area (Å²) in [6.45, 7) is 9.96. The van der Waals surface area contributed by atoms with Gasteiger partial charge in [-0.1, -0.05) is 39.0 Å². The summed E-state index contributed by atoms with van der Waals surface area (Å²) in [6, 6.07) is 7.60. The first-order valence-electron chi connectivity index (χ1n) is 10.1. The summed E-state index contributed by atoms with van der Waals surface area (Å²) in [5.41, 5.74) is 1.91. The summed E-state index contributed by atoms with van der Waals surface area (Å²) >= 11 is 0. The van der Waals surface area contributed by atoms with E-state index in [2.05, 4.69) is 10.3 Å². The van der Waals surface area contributed by atoms with Crippen molar-refractivity contribution < 1.29 is 18.0 Å². The van der Waals surface area contributed by atoms with Crippen molar-refractivity contribution >= 4 is 17.4 Å². The summed E-state index contributed by atoms with van der Waals surface area (Å²) in [6.07, 6.45) is -3.40. The number of benzene rings is 1. The van der Waals surface area contributed by atoms with Gasteiger partial charge in [0.05, 0.1) is 16.9 Å². The Kier molecular flexibility index (Phi) is 5.85. The van der Waals surface area contributed by atoms with Gasteiger partial charge in [0, 0.05) is 25.4 Å². The normalized spacial score (nSPS) is 16.5. The zero-order valence-electron chi connectivity index (χ0n) is 18.0. The molecule has 0 radical (unpaired) electrons. The van der Waals surface area contributed by atoms with Crippen molar-refractivity contribution in [1.29, 1.82) is 0 Å². The highest BCUT2D eigenvalue weighted by molar-refractivity contribution is 5.91. The first-order chi connectivity index (χ1) is 13.8. The summed E-state index contributed by atoms with van der Waals surface area (Å²) in [4.78, 5) is 18.9. The number of aryl methyl sites for hydroxylation is 1. The van der Waals surface area contributed by atoms with Crippen LogP contribution < -0.4 is 10.2 Å². The Labute approximate surface area is 175 Å². The molecule has 0 saturated heterocycles. The Balaban J connectivity index is 1.87. The second-order valence-corrected chi connectivity index (χ2v) is 9.24. The highest BCUT2D eigenvalue weighted by Gasteiger charge is 2.35. The molecule has 0 saturated carbocycles. The Bertz CT molecular complexity index is 948. The molecule has 0 unspecified atom stereocenters. The van der Waals surface area contributed by atoms with Gasteiger partial charge in [0.15, 0.2) is 0 Å². The fourth-order valence-corrected chi connectivity index (χ4v) is 3.81. The fourth-order valence-electron chi connectivity index (χ4n) is 3.81. The molecule has 0 aliphatic carbocycles. The predicted octanol–water partition coefficient (Wildman–Crippen LogP) is 5.73. The smallest absolute Gasteiger partial charge is 0.363 e. The molecule has 1 aromatic carbocycles. The lowest BCUT2D eigenvalue weighted by Crippen LogP contribution is -2.29. The van der Waals surface area contributed by atoms with Crippen LogP contribution in [0.4, 0.5) is 24.7 Å². The van der Waals surface area contributed by atoms with Gasteiger partial charge in [-0.05, 0) is 42.5 Å². The Morgan fingerprint density at radius 3 is 2.53 bits per heavy atom. The third-order valence-electron chi connectivity index (χ3n) is 5.21. The molecule has 2 aromatic rings. The first kappa shape index (κ1) is 22.1. The van der Waals surface area contributed by atoms with Crippen molar-refractivity contribution in [3.63, 3.8) is 0 Å². The number of hydrogen-bond acceptors (Lipinski definition) is 3. The number of carbonyl (C=O) groups is 1. The molecule has 0 spiro atoms. The Morgan fingerprint density at radius 1 is 1.23 bits per heavy atom. The fraction of sp³-hybridized carbons (Fsp3) is 0.478. The van der Waals surface area contributed by atoms with E-state index >= 15 is 0 Å². The largest absolute Gasteiger partial charge is 0.416 e. The second-order valence-electron chi connectivity index (χ2n) is 9.24. The van der Waals surface area contributed by atoms with Gasteiger partial charge < -0.3 is 10.2 Å². The van der Waals surface area contributed by atoms with Crippen LogP contribution in [0.2, 0.25) is 0 Å². The SMILES string of the molecule is Cc1cc2c(nc1NC(=O)CC(C)(C)C)C[C@H](C)N2Cc1ccccc1C(F)(F)F. The Morgan fingerprint density at radius 2 is 1.90 bits per heavy atom. The average molecular weight is 419 g/mol. The molecule has 7 heteroatoms. The van der Waals surface area contributed by atoms with E-state index in [9.17, 15) is 18.0 Å². The first-order valence-corrected chi connectivity index (χ1v) is 10.1. The second kappa shape index (κ2) is 7.93. The molecule has 1 N–H and O–H groups in total. The number of pyridine rings is 1. The van der Waals surface area contributed by atoms with Crippen LogP contribution in [-0.2, 0) is 23.9 Å². The monoisotopic (exact) mass is 419 g/mol. The molecule has 1 aliphatic rings. The minimum Gasteiger partial charge on any atom is -0.363 e. The number of carbonyl (C=O) groups excluding carboxylic acids is 1. The molecule has 2 heterocycles. The highest BCUT2D eigenvalue weighted by Crippen LogP contribution is 2.38. The van der Waals surface area contributed by atoms with E-state index in [0.29, 0.717) is 18.7 Å². The van der Waals surface area contributed by atoms with Crippen LogP contribution in [0, 0.1) is 12.3 Å². The number of halogens is 3. The van der Waals surface area contributed by atoms with E-state index in [1.54, 1.807) is 6.07 Å². The van der Waals surface area contributed by atoms with Crippen molar-refractivity contribution in [3.8, 4) is 0 Å². The molecule has 30 heavy (non-hydrogen) atoms. The zero-order chi connectivity index (χ0) is 22.3. The zero-order valence-corrected chi connectivity index (χ0v) is 18.0. The molecule has 4 nitrogen and oxygen atoms in total. The van der Waals surface area contributed by atoms with E-state index in [1.165, 1.54) is 12.1 Å². The number of aromatic nitrogens is 1. The van der Waals surface area contributed by atoms with Crippen molar-refractivity contribution in [2.24, 2.45) is 5.41 Å². The van der Waals surface area contributed by atoms with Gasteiger partial charge in [0.1, 0.15) is 5.82 Å². The van der Waals surface area contributed by atoms with Gasteiger partial charge in [-0.15, -0.1) is 0 Å². The van der Waals surface area contributed by atoms with Gasteiger partial charge in [0.2, 0.25) is 5.91 Å². The molecule has 1 aliphatic heterocycles. The van der Waals surface area contributed by atoms with Crippen LogP contribution in [-0.4, -0.2) is 16.9 Å². The van der Waals surface area contributed by atoms with E-state index < -0.39 is 11.7 Å². The summed E-state index contributed by atoms with van der Waals surface area (Å²) in [5.74, 6) is 0.424. The van der Waals surface area contributed by atoms with E-state index in [0.717, 1.165) is 23.0 Å². The number of amides is 1. The number of anilines is 2.